The minimum atomic E-state index is -1.64. The Bertz CT molecular complexity index is 464. The summed E-state index contributed by atoms with van der Waals surface area (Å²) in [5.74, 6) is -0.302. The van der Waals surface area contributed by atoms with Crippen LogP contribution in [0.4, 0.5) is 0 Å². The van der Waals surface area contributed by atoms with E-state index in [0.717, 1.165) is 0 Å². The number of aliphatic imine (C=N–C) groups is 1. The molecule has 2 heterocycles. The van der Waals surface area contributed by atoms with Gasteiger partial charge in [0, 0.05) is 7.11 Å². The SMILES string of the molecule is CO[C@@H]1O[C@H](CO)[C@@H](ONC2=N[C@H](CO)[C@H](O)[C@H](O)[C@H]2O)[C@H](O)[C@H]1O. The second kappa shape index (κ2) is 8.64. The number of hydrogen-bond donors (Lipinski definition) is 8. The molecule has 2 aliphatic heterocycles. The van der Waals surface area contributed by atoms with Crippen LogP contribution < -0.4 is 5.48 Å². The van der Waals surface area contributed by atoms with Crippen LogP contribution >= 0.6 is 0 Å². The normalized spacial score (nSPS) is 45.1. The van der Waals surface area contributed by atoms with Gasteiger partial charge in [0.15, 0.2) is 12.1 Å². The van der Waals surface area contributed by atoms with Crippen molar-refractivity contribution in [1.29, 1.82) is 0 Å². The molecule has 2 rings (SSSR count). The first kappa shape index (κ1) is 20.4. The molecule has 0 radical (unpaired) electrons. The Hall–Kier alpha value is -0.930. The van der Waals surface area contributed by atoms with E-state index in [9.17, 15) is 30.6 Å². The van der Waals surface area contributed by atoms with Gasteiger partial charge in [-0.05, 0) is 0 Å². The fraction of sp³-hybridized carbons (Fsp3) is 0.923. The maximum atomic E-state index is 10.1. The van der Waals surface area contributed by atoms with Gasteiger partial charge in [0.1, 0.15) is 48.8 Å². The topological polar surface area (TPSA) is 194 Å². The number of nitrogens with one attached hydrogen (secondary N) is 1. The number of ether oxygens (including phenoxy) is 2. The van der Waals surface area contributed by atoms with E-state index < -0.39 is 68.3 Å². The third-order valence-corrected chi connectivity index (χ3v) is 4.19. The molecule has 1 fully saturated rings. The van der Waals surface area contributed by atoms with Gasteiger partial charge in [-0.15, -0.1) is 0 Å². The Labute approximate surface area is 142 Å². The number of nitrogens with zero attached hydrogens (tertiary/aromatic N) is 1. The predicted molar refractivity (Wildman–Crippen MR) is 79.1 cm³/mol. The smallest absolute Gasteiger partial charge is 0.186 e. The van der Waals surface area contributed by atoms with E-state index >= 15 is 0 Å². The average Bonchev–Trinajstić information content (AvgIpc) is 2.62. The molecule has 12 heteroatoms. The molecule has 0 spiro atoms. The fourth-order valence-corrected chi connectivity index (χ4v) is 2.66. The van der Waals surface area contributed by atoms with Gasteiger partial charge in [-0.3, -0.25) is 15.3 Å². The molecule has 0 unspecified atom stereocenters. The first-order valence-electron chi connectivity index (χ1n) is 7.65. The van der Waals surface area contributed by atoms with E-state index in [1.54, 1.807) is 0 Å². The van der Waals surface area contributed by atoms with E-state index in [-0.39, 0.29) is 5.84 Å². The lowest BCUT2D eigenvalue weighted by atomic mass is 9.97. The fourth-order valence-electron chi connectivity index (χ4n) is 2.66. The molecular formula is C13H24N2O10. The molecule has 0 amide bonds. The van der Waals surface area contributed by atoms with Crippen LogP contribution in [0.15, 0.2) is 4.99 Å². The number of hydroxylamine groups is 1. The van der Waals surface area contributed by atoms with Crippen LogP contribution in [-0.4, -0.2) is 117 Å². The summed E-state index contributed by atoms with van der Waals surface area (Å²) in [6, 6.07) is -1.09. The van der Waals surface area contributed by atoms with Crippen LogP contribution in [-0.2, 0) is 14.3 Å². The van der Waals surface area contributed by atoms with Crippen molar-refractivity contribution in [2.45, 2.75) is 55.1 Å². The Balaban J connectivity index is 2.08. The zero-order valence-electron chi connectivity index (χ0n) is 13.4. The van der Waals surface area contributed by atoms with E-state index in [1.807, 2.05) is 0 Å². The lowest BCUT2D eigenvalue weighted by Crippen LogP contribution is -2.62. The zero-order valence-corrected chi connectivity index (χ0v) is 13.4. The minimum absolute atomic E-state index is 0.302. The minimum Gasteiger partial charge on any atom is -0.394 e. The van der Waals surface area contributed by atoms with Crippen molar-refractivity contribution in [1.82, 2.24) is 5.48 Å². The number of rotatable bonds is 5. The number of methoxy groups -OCH3 is 1. The Morgan fingerprint density at radius 2 is 1.68 bits per heavy atom. The highest BCUT2D eigenvalue weighted by molar-refractivity contribution is 5.87. The van der Waals surface area contributed by atoms with Gasteiger partial charge in [-0.25, -0.2) is 0 Å². The quantitative estimate of drug-likeness (QED) is 0.216. The molecule has 1 saturated heterocycles. The highest BCUT2D eigenvalue weighted by Crippen LogP contribution is 2.24. The van der Waals surface area contributed by atoms with E-state index in [2.05, 4.69) is 10.5 Å². The second-order valence-electron chi connectivity index (χ2n) is 5.82. The van der Waals surface area contributed by atoms with Gasteiger partial charge in [-0.1, -0.05) is 0 Å². The Morgan fingerprint density at radius 1 is 1.00 bits per heavy atom. The van der Waals surface area contributed by atoms with Crippen LogP contribution in [0.1, 0.15) is 0 Å². The summed E-state index contributed by atoms with van der Waals surface area (Å²) >= 11 is 0. The number of amidine groups is 1. The molecule has 0 saturated carbocycles. The molecule has 0 aromatic carbocycles. The maximum Gasteiger partial charge on any atom is 0.186 e. The summed E-state index contributed by atoms with van der Waals surface area (Å²) in [4.78, 5) is 9.00. The second-order valence-corrected chi connectivity index (χ2v) is 5.82. The van der Waals surface area contributed by atoms with Crippen molar-refractivity contribution in [3.05, 3.63) is 0 Å². The molecule has 12 nitrogen and oxygen atoms in total. The van der Waals surface area contributed by atoms with E-state index in [4.69, 9.17) is 19.4 Å². The van der Waals surface area contributed by atoms with Gasteiger partial charge in [-0.2, -0.15) is 0 Å². The van der Waals surface area contributed by atoms with Crippen molar-refractivity contribution >= 4 is 5.84 Å². The number of aliphatic hydroxyl groups is 7. The first-order valence-corrected chi connectivity index (χ1v) is 7.65. The molecule has 2 aliphatic rings. The highest BCUT2D eigenvalue weighted by atomic mass is 16.7. The van der Waals surface area contributed by atoms with Gasteiger partial charge in [0.05, 0.1) is 13.2 Å². The maximum absolute atomic E-state index is 10.1. The van der Waals surface area contributed by atoms with Crippen LogP contribution in [0.5, 0.6) is 0 Å². The molecule has 0 bridgehead atoms. The Morgan fingerprint density at radius 3 is 2.24 bits per heavy atom. The average molecular weight is 368 g/mol. The van der Waals surface area contributed by atoms with Gasteiger partial charge < -0.3 is 45.2 Å². The van der Waals surface area contributed by atoms with Crippen molar-refractivity contribution in [3.63, 3.8) is 0 Å². The third-order valence-electron chi connectivity index (χ3n) is 4.19. The molecule has 0 aromatic heterocycles. The van der Waals surface area contributed by atoms with Crippen molar-refractivity contribution in [3.8, 4) is 0 Å². The predicted octanol–water partition coefficient (Wildman–Crippen LogP) is -5.18. The van der Waals surface area contributed by atoms with Crippen molar-refractivity contribution in [2.24, 2.45) is 4.99 Å². The lowest BCUT2D eigenvalue weighted by molar-refractivity contribution is -0.306. The van der Waals surface area contributed by atoms with Crippen LogP contribution in [0.2, 0.25) is 0 Å². The highest BCUT2D eigenvalue weighted by Gasteiger charge is 2.46. The number of hydrogen-bond acceptors (Lipinski definition) is 12. The standard InChI is InChI=1S/C13H24N2O10/c1-23-13-10(22)8(20)11(5(3-17)24-13)25-15-12-9(21)7(19)6(18)4(2-16)14-12/h4-11,13,16-22H,2-3H2,1H3,(H,14,15)/t4-,5-,6+,7+,8-,9-,10-,11-,13-/m1/s1. The van der Waals surface area contributed by atoms with Gasteiger partial charge >= 0.3 is 0 Å². The van der Waals surface area contributed by atoms with Crippen molar-refractivity contribution < 1.29 is 50.1 Å². The monoisotopic (exact) mass is 368 g/mol. The van der Waals surface area contributed by atoms with Gasteiger partial charge in [0.25, 0.3) is 0 Å². The molecule has 146 valence electrons. The summed E-state index contributed by atoms with van der Waals surface area (Å²) < 4.78 is 10.1. The molecule has 9 atom stereocenters. The third kappa shape index (κ3) is 4.09. The molecular weight excluding hydrogens is 344 g/mol. The largest absolute Gasteiger partial charge is 0.394 e. The molecule has 8 N–H and O–H groups in total. The summed E-state index contributed by atoms with van der Waals surface area (Å²) in [5.41, 5.74) is 2.22. The zero-order chi connectivity index (χ0) is 18.7. The van der Waals surface area contributed by atoms with Crippen molar-refractivity contribution in [2.75, 3.05) is 20.3 Å². The summed E-state index contributed by atoms with van der Waals surface area (Å²) in [7, 11) is 1.25. The molecule has 25 heavy (non-hydrogen) atoms. The first-order chi connectivity index (χ1) is 11.8. The van der Waals surface area contributed by atoms with Crippen LogP contribution in [0.25, 0.3) is 0 Å². The van der Waals surface area contributed by atoms with Gasteiger partial charge in [0.2, 0.25) is 0 Å². The molecule has 0 aliphatic carbocycles. The van der Waals surface area contributed by atoms with Crippen LogP contribution in [0.3, 0.4) is 0 Å². The summed E-state index contributed by atoms with van der Waals surface area (Å²) in [6.45, 7) is -1.15. The summed E-state index contributed by atoms with van der Waals surface area (Å²) in [5, 5.41) is 67.8. The van der Waals surface area contributed by atoms with E-state index in [0.29, 0.717) is 0 Å². The number of aliphatic hydroxyl groups excluding tert-OH is 7. The lowest BCUT2D eigenvalue weighted by Gasteiger charge is -2.41. The summed E-state index contributed by atoms with van der Waals surface area (Å²) in [6.07, 6.45) is -11.2. The van der Waals surface area contributed by atoms with E-state index in [1.165, 1.54) is 7.11 Å². The Kier molecular flexibility index (Phi) is 7.04. The van der Waals surface area contributed by atoms with Crippen LogP contribution in [0, 0.1) is 0 Å². The molecule has 0 aromatic rings.